The average molecular weight is 358 g/mol. The predicted octanol–water partition coefficient (Wildman–Crippen LogP) is 2.12. The van der Waals surface area contributed by atoms with Crippen molar-refractivity contribution >= 4 is 12.0 Å². The molecule has 1 fully saturated rings. The molecule has 2 heterocycles. The molecule has 6 nitrogen and oxygen atoms in total. The van der Waals surface area contributed by atoms with E-state index in [1.54, 1.807) is 0 Å². The number of carbonyl (C=O) groups is 2. The summed E-state index contributed by atoms with van der Waals surface area (Å²) in [7, 11) is 0. The number of carbonyl (C=O) groups excluding carboxylic acids is 1. The van der Waals surface area contributed by atoms with E-state index in [0.717, 1.165) is 21.6 Å². The normalized spacial score (nSPS) is 22.8. The minimum Gasteiger partial charge on any atom is -0.481 e. The molecule has 2 aliphatic heterocycles. The number of halogens is 3. The lowest BCUT2D eigenvalue weighted by atomic mass is 9.96. The minimum atomic E-state index is -4.65. The van der Waals surface area contributed by atoms with Crippen LogP contribution in [0.3, 0.4) is 0 Å². The summed E-state index contributed by atoms with van der Waals surface area (Å²) in [4.78, 5) is 24.1. The van der Waals surface area contributed by atoms with Gasteiger partial charge in [0.2, 0.25) is 0 Å². The van der Waals surface area contributed by atoms with Crippen LogP contribution in [0.5, 0.6) is 0 Å². The quantitative estimate of drug-likeness (QED) is 0.868. The Balaban J connectivity index is 1.61. The van der Waals surface area contributed by atoms with E-state index in [1.165, 1.54) is 0 Å². The van der Waals surface area contributed by atoms with Crippen molar-refractivity contribution in [3.05, 3.63) is 34.9 Å². The molecule has 0 radical (unpaired) electrons. The van der Waals surface area contributed by atoms with Gasteiger partial charge in [-0.15, -0.1) is 0 Å². The zero-order chi connectivity index (χ0) is 18.2. The molecule has 0 saturated carbocycles. The van der Waals surface area contributed by atoms with Crippen LogP contribution in [0.2, 0.25) is 0 Å². The molecular weight excluding hydrogens is 341 g/mol. The zero-order valence-corrected chi connectivity index (χ0v) is 13.2. The first-order valence-corrected chi connectivity index (χ1v) is 7.76. The summed E-state index contributed by atoms with van der Waals surface area (Å²) < 4.78 is 44.2. The van der Waals surface area contributed by atoms with Crippen LogP contribution in [0.25, 0.3) is 0 Å². The van der Waals surface area contributed by atoms with Gasteiger partial charge in [-0.2, -0.15) is 13.2 Å². The number of benzene rings is 1. The summed E-state index contributed by atoms with van der Waals surface area (Å²) in [5.74, 6) is -5.23. The second kappa shape index (κ2) is 6.55. The number of nitrogens with zero attached hydrogens (tertiary/aromatic N) is 1. The molecule has 0 unspecified atom stereocenters. The van der Waals surface area contributed by atoms with Gasteiger partial charge in [-0.3, -0.25) is 4.79 Å². The summed E-state index contributed by atoms with van der Waals surface area (Å²) in [6.07, 6.45) is -4.65. The van der Waals surface area contributed by atoms with E-state index in [2.05, 4.69) is 5.32 Å². The van der Waals surface area contributed by atoms with Crippen LogP contribution < -0.4 is 5.32 Å². The molecule has 2 amide bonds. The van der Waals surface area contributed by atoms with Gasteiger partial charge in [0.1, 0.15) is 0 Å². The van der Waals surface area contributed by atoms with E-state index in [-0.39, 0.29) is 6.54 Å². The average Bonchev–Trinajstić information content (AvgIpc) is 3.18. The number of amides is 2. The molecule has 1 aromatic rings. The third-order valence-electron chi connectivity index (χ3n) is 4.57. The van der Waals surface area contributed by atoms with E-state index in [4.69, 9.17) is 9.84 Å². The lowest BCUT2D eigenvalue weighted by Crippen LogP contribution is -2.39. The molecule has 9 heteroatoms. The fourth-order valence-electron chi connectivity index (χ4n) is 3.18. The number of likely N-dealkylation sites (tertiary alicyclic amines) is 1. The van der Waals surface area contributed by atoms with Crippen LogP contribution in [0.4, 0.5) is 18.0 Å². The molecule has 1 aromatic carbocycles. The number of hydrogen-bond donors (Lipinski definition) is 2. The Morgan fingerprint density at radius 1 is 1.24 bits per heavy atom. The maximum absolute atomic E-state index is 13.0. The van der Waals surface area contributed by atoms with Gasteiger partial charge >= 0.3 is 18.2 Å². The maximum Gasteiger partial charge on any atom is 0.394 e. The molecule has 2 atom stereocenters. The van der Waals surface area contributed by atoms with Crippen molar-refractivity contribution in [1.29, 1.82) is 0 Å². The van der Waals surface area contributed by atoms with Crippen LogP contribution in [-0.2, 0) is 29.3 Å². The lowest BCUT2D eigenvalue weighted by Gasteiger charge is -2.18. The van der Waals surface area contributed by atoms with E-state index in [9.17, 15) is 22.8 Å². The number of carboxylic acids is 1. The van der Waals surface area contributed by atoms with Crippen molar-refractivity contribution in [2.45, 2.75) is 25.9 Å². The minimum absolute atomic E-state index is 0.150. The van der Waals surface area contributed by atoms with E-state index in [0.29, 0.717) is 13.2 Å². The molecule has 0 spiro atoms. The summed E-state index contributed by atoms with van der Waals surface area (Å²) in [6.45, 7) is 0.0900. The van der Waals surface area contributed by atoms with Crippen molar-refractivity contribution in [2.24, 2.45) is 11.8 Å². The molecule has 25 heavy (non-hydrogen) atoms. The molecule has 2 N–H and O–H groups in total. The smallest absolute Gasteiger partial charge is 0.394 e. The number of carboxylic acid groups (broad SMARTS) is 1. The Bertz CT molecular complexity index is 692. The Hall–Kier alpha value is -2.29. The number of fused-ring (bicyclic) bond motifs is 1. The second-order valence-electron chi connectivity index (χ2n) is 6.25. The zero-order valence-electron chi connectivity index (χ0n) is 13.2. The summed E-state index contributed by atoms with van der Waals surface area (Å²) >= 11 is 0. The number of urea groups is 1. The number of alkyl halides is 3. The molecule has 136 valence electrons. The Morgan fingerprint density at radius 2 is 1.96 bits per heavy atom. The van der Waals surface area contributed by atoms with E-state index < -0.39 is 43.1 Å². The van der Waals surface area contributed by atoms with Gasteiger partial charge in [-0.1, -0.05) is 18.2 Å². The number of ether oxygens (including phenoxy) is 1. The lowest BCUT2D eigenvalue weighted by molar-refractivity contribution is -0.187. The number of aliphatic carboxylic acids is 1. The van der Waals surface area contributed by atoms with Crippen molar-refractivity contribution in [2.75, 3.05) is 13.1 Å². The SMILES string of the molecule is O=C(O)[C@@H]1CN(C(=O)NCc2ccc3c(c2)COC3)C[C@H]1C(F)(F)F. The number of rotatable bonds is 3. The Labute approximate surface area is 141 Å². The Kier molecular flexibility index (Phi) is 4.59. The van der Waals surface area contributed by atoms with Crippen molar-refractivity contribution in [1.82, 2.24) is 10.2 Å². The van der Waals surface area contributed by atoms with Gasteiger partial charge in [0.05, 0.1) is 25.0 Å². The fraction of sp³-hybridized carbons (Fsp3) is 0.500. The predicted molar refractivity (Wildman–Crippen MR) is 79.4 cm³/mol. The third kappa shape index (κ3) is 3.71. The molecular formula is C16H17F3N2O4. The first-order valence-electron chi connectivity index (χ1n) is 7.76. The van der Waals surface area contributed by atoms with Crippen LogP contribution in [0, 0.1) is 11.8 Å². The van der Waals surface area contributed by atoms with Crippen molar-refractivity contribution < 1.29 is 32.6 Å². The molecule has 1 saturated heterocycles. The number of hydrogen-bond acceptors (Lipinski definition) is 3. The van der Waals surface area contributed by atoms with Gasteiger partial charge in [-0.05, 0) is 16.7 Å². The summed E-state index contributed by atoms with van der Waals surface area (Å²) in [5, 5.41) is 11.5. The highest BCUT2D eigenvalue weighted by Gasteiger charge is 2.53. The molecule has 0 aliphatic carbocycles. The van der Waals surface area contributed by atoms with Gasteiger partial charge in [0, 0.05) is 19.6 Å². The Morgan fingerprint density at radius 3 is 2.60 bits per heavy atom. The van der Waals surface area contributed by atoms with E-state index >= 15 is 0 Å². The van der Waals surface area contributed by atoms with Crippen LogP contribution in [0.1, 0.15) is 16.7 Å². The second-order valence-corrected chi connectivity index (χ2v) is 6.25. The van der Waals surface area contributed by atoms with Crippen LogP contribution in [-0.4, -0.2) is 41.3 Å². The van der Waals surface area contributed by atoms with Gasteiger partial charge in [0.25, 0.3) is 0 Å². The van der Waals surface area contributed by atoms with Crippen molar-refractivity contribution in [3.8, 4) is 0 Å². The first-order chi connectivity index (χ1) is 11.8. The topological polar surface area (TPSA) is 78.9 Å². The molecule has 2 aliphatic rings. The first kappa shape index (κ1) is 17.5. The summed E-state index contributed by atoms with van der Waals surface area (Å²) in [6, 6.07) is 4.89. The fourth-order valence-corrected chi connectivity index (χ4v) is 3.18. The monoisotopic (exact) mass is 358 g/mol. The van der Waals surface area contributed by atoms with Gasteiger partial charge < -0.3 is 20.1 Å². The van der Waals surface area contributed by atoms with E-state index in [1.807, 2.05) is 18.2 Å². The highest BCUT2D eigenvalue weighted by atomic mass is 19.4. The maximum atomic E-state index is 13.0. The van der Waals surface area contributed by atoms with Gasteiger partial charge in [-0.25, -0.2) is 4.79 Å². The van der Waals surface area contributed by atoms with Crippen LogP contribution >= 0.6 is 0 Å². The highest BCUT2D eigenvalue weighted by molar-refractivity contribution is 5.77. The summed E-state index contributed by atoms with van der Waals surface area (Å²) in [5.41, 5.74) is 2.90. The van der Waals surface area contributed by atoms with Crippen molar-refractivity contribution in [3.63, 3.8) is 0 Å². The molecule has 0 bridgehead atoms. The highest BCUT2D eigenvalue weighted by Crippen LogP contribution is 2.37. The van der Waals surface area contributed by atoms with Gasteiger partial charge in [0.15, 0.2) is 0 Å². The number of nitrogens with one attached hydrogen (secondary N) is 1. The van der Waals surface area contributed by atoms with Crippen LogP contribution in [0.15, 0.2) is 18.2 Å². The third-order valence-corrected chi connectivity index (χ3v) is 4.57. The standard InChI is InChI=1S/C16H17F3N2O4/c17-16(18,19)13-6-21(5-12(13)14(22)23)15(24)20-4-9-1-2-10-7-25-8-11(10)3-9/h1-3,12-13H,4-8H2,(H,20,24)(H,22,23)/t12-,13-/m1/s1. The molecule has 3 rings (SSSR count). The molecule has 0 aromatic heterocycles. The largest absolute Gasteiger partial charge is 0.481 e.